The summed E-state index contributed by atoms with van der Waals surface area (Å²) >= 11 is 12.1. The van der Waals surface area contributed by atoms with Gasteiger partial charge in [-0.2, -0.15) is 0 Å². The van der Waals surface area contributed by atoms with E-state index in [1.165, 1.54) is 23.1 Å². The van der Waals surface area contributed by atoms with Gasteiger partial charge >= 0.3 is 0 Å². The molecular weight excluding hydrogens is 501 g/mol. The number of rotatable bonds is 11. The monoisotopic (exact) mass is 529 g/mol. The number of hydrogen-bond acceptors (Lipinski definition) is 5. The minimum absolute atomic E-state index is 0.0947. The first-order valence-electron chi connectivity index (χ1n) is 10.6. The first kappa shape index (κ1) is 27.8. The molecule has 8 nitrogen and oxygen atoms in total. The molecule has 0 saturated heterocycles. The summed E-state index contributed by atoms with van der Waals surface area (Å²) in [6.45, 7) is 3.55. The minimum atomic E-state index is -3.87. The highest BCUT2D eigenvalue weighted by molar-refractivity contribution is 7.92. The van der Waals surface area contributed by atoms with Gasteiger partial charge in [0.05, 0.1) is 19.1 Å². The molecule has 0 saturated carbocycles. The molecule has 0 fully saturated rings. The maximum absolute atomic E-state index is 13.4. The van der Waals surface area contributed by atoms with Gasteiger partial charge in [0.25, 0.3) is 0 Å². The van der Waals surface area contributed by atoms with Crippen molar-refractivity contribution in [2.45, 2.75) is 32.9 Å². The third kappa shape index (κ3) is 7.78. The molecule has 1 N–H and O–H groups in total. The highest BCUT2D eigenvalue weighted by Crippen LogP contribution is 2.27. The van der Waals surface area contributed by atoms with E-state index in [1.807, 2.05) is 6.92 Å². The Kier molecular flexibility index (Phi) is 10.0. The molecule has 0 bridgehead atoms. The second-order valence-corrected chi connectivity index (χ2v) is 10.5. The van der Waals surface area contributed by atoms with Crippen LogP contribution in [0.25, 0.3) is 0 Å². The van der Waals surface area contributed by atoms with Crippen molar-refractivity contribution in [1.82, 2.24) is 10.2 Å². The van der Waals surface area contributed by atoms with Crippen molar-refractivity contribution in [3.8, 4) is 5.75 Å². The van der Waals surface area contributed by atoms with Crippen LogP contribution in [0.15, 0.2) is 42.5 Å². The number of nitrogens with zero attached hydrogens (tertiary/aromatic N) is 2. The van der Waals surface area contributed by atoms with Gasteiger partial charge < -0.3 is 15.0 Å². The van der Waals surface area contributed by atoms with Gasteiger partial charge in [-0.15, -0.1) is 0 Å². The van der Waals surface area contributed by atoms with E-state index in [0.29, 0.717) is 12.3 Å². The first-order chi connectivity index (χ1) is 16.0. The van der Waals surface area contributed by atoms with Gasteiger partial charge in [0.1, 0.15) is 18.3 Å². The largest absolute Gasteiger partial charge is 0.497 e. The number of amides is 2. The van der Waals surface area contributed by atoms with E-state index >= 15 is 0 Å². The number of ether oxygens (including phenoxy) is 1. The number of carbonyl (C=O) groups is 2. The molecule has 2 aromatic rings. The lowest BCUT2D eigenvalue weighted by molar-refractivity contribution is -0.139. The van der Waals surface area contributed by atoms with Gasteiger partial charge in [-0.25, -0.2) is 8.42 Å². The van der Waals surface area contributed by atoms with E-state index in [1.54, 1.807) is 38.3 Å². The molecule has 0 unspecified atom stereocenters. The van der Waals surface area contributed by atoms with Crippen molar-refractivity contribution < 1.29 is 22.7 Å². The lowest BCUT2D eigenvalue weighted by Gasteiger charge is -2.31. The second-order valence-electron chi connectivity index (χ2n) is 7.73. The molecule has 2 amide bonds. The topological polar surface area (TPSA) is 96.0 Å². The number of hydrogen-bond donors (Lipinski definition) is 1. The standard InChI is InChI=1S/C23H29Cl2N3O5S/c1-5-10-26-23(30)16(2)27(14-17-6-8-21(33-3)9-7-17)22(29)15-28(34(4,31)32)20-12-18(24)11-19(25)13-20/h6-9,11-13,16H,5,10,14-15H2,1-4H3,(H,26,30)/t16-/m1/s1. The van der Waals surface area contributed by atoms with Crippen LogP contribution in [0.5, 0.6) is 5.75 Å². The molecule has 2 aromatic carbocycles. The van der Waals surface area contributed by atoms with Crippen LogP contribution in [0.1, 0.15) is 25.8 Å². The van der Waals surface area contributed by atoms with Crippen LogP contribution in [0, 0.1) is 0 Å². The number of benzene rings is 2. The van der Waals surface area contributed by atoms with Crippen LogP contribution < -0.4 is 14.4 Å². The predicted molar refractivity (Wildman–Crippen MR) is 135 cm³/mol. The van der Waals surface area contributed by atoms with E-state index in [-0.39, 0.29) is 28.2 Å². The van der Waals surface area contributed by atoms with Gasteiger partial charge in [0, 0.05) is 23.1 Å². The van der Waals surface area contributed by atoms with Gasteiger partial charge in [-0.05, 0) is 49.2 Å². The van der Waals surface area contributed by atoms with E-state index in [4.69, 9.17) is 27.9 Å². The first-order valence-corrected chi connectivity index (χ1v) is 13.2. The van der Waals surface area contributed by atoms with Crippen LogP contribution >= 0.6 is 23.2 Å². The van der Waals surface area contributed by atoms with Crippen LogP contribution in [-0.4, -0.2) is 57.6 Å². The summed E-state index contributed by atoms with van der Waals surface area (Å²) in [4.78, 5) is 27.5. The Hall–Kier alpha value is -2.49. The Balaban J connectivity index is 2.39. The summed E-state index contributed by atoms with van der Waals surface area (Å²) in [5.74, 6) is -0.242. The van der Waals surface area contributed by atoms with E-state index in [2.05, 4.69) is 5.32 Å². The second kappa shape index (κ2) is 12.3. The molecule has 2 rings (SSSR count). The molecule has 0 radical (unpaired) electrons. The molecule has 0 aliphatic carbocycles. The van der Waals surface area contributed by atoms with Crippen molar-refractivity contribution in [3.63, 3.8) is 0 Å². The third-order valence-corrected chi connectivity index (χ3v) is 6.62. The molecule has 0 aliphatic heterocycles. The number of carbonyl (C=O) groups excluding carboxylic acids is 2. The number of methoxy groups -OCH3 is 1. The average molecular weight is 530 g/mol. The molecule has 186 valence electrons. The zero-order chi connectivity index (χ0) is 25.5. The summed E-state index contributed by atoms with van der Waals surface area (Å²) in [6, 6.07) is 10.5. The zero-order valence-corrected chi connectivity index (χ0v) is 21.9. The van der Waals surface area contributed by atoms with Crippen molar-refractivity contribution in [3.05, 3.63) is 58.1 Å². The fourth-order valence-electron chi connectivity index (χ4n) is 3.20. The zero-order valence-electron chi connectivity index (χ0n) is 19.5. The number of anilines is 1. The fourth-order valence-corrected chi connectivity index (χ4v) is 4.55. The Morgan fingerprint density at radius 3 is 2.18 bits per heavy atom. The SMILES string of the molecule is CCCNC(=O)[C@@H](C)N(Cc1ccc(OC)cc1)C(=O)CN(c1cc(Cl)cc(Cl)c1)S(C)(=O)=O. The van der Waals surface area contributed by atoms with Gasteiger partial charge in [-0.3, -0.25) is 13.9 Å². The highest BCUT2D eigenvalue weighted by atomic mass is 35.5. The highest BCUT2D eigenvalue weighted by Gasteiger charge is 2.30. The van der Waals surface area contributed by atoms with Gasteiger partial charge in [0.15, 0.2) is 0 Å². The third-order valence-electron chi connectivity index (χ3n) is 5.04. The number of halogens is 2. The molecule has 34 heavy (non-hydrogen) atoms. The summed E-state index contributed by atoms with van der Waals surface area (Å²) in [7, 11) is -2.32. The normalized spacial score (nSPS) is 12.1. The smallest absolute Gasteiger partial charge is 0.244 e. The van der Waals surface area contributed by atoms with Crippen LogP contribution in [0.3, 0.4) is 0 Å². The molecule has 0 heterocycles. The number of nitrogens with one attached hydrogen (secondary N) is 1. The molecular formula is C23H29Cl2N3O5S. The molecule has 11 heteroatoms. The Morgan fingerprint density at radius 2 is 1.68 bits per heavy atom. The van der Waals surface area contributed by atoms with Crippen molar-refractivity contribution >= 4 is 50.7 Å². The van der Waals surface area contributed by atoms with E-state index < -0.39 is 28.5 Å². The summed E-state index contributed by atoms with van der Waals surface area (Å²) in [5, 5.41) is 3.24. The van der Waals surface area contributed by atoms with Crippen molar-refractivity contribution in [1.29, 1.82) is 0 Å². The quantitative estimate of drug-likeness (QED) is 0.478. The lowest BCUT2D eigenvalue weighted by Crippen LogP contribution is -2.51. The summed E-state index contributed by atoms with van der Waals surface area (Å²) < 4.78 is 31.2. The lowest BCUT2D eigenvalue weighted by atomic mass is 10.1. The average Bonchev–Trinajstić information content (AvgIpc) is 2.77. The minimum Gasteiger partial charge on any atom is -0.497 e. The Morgan fingerprint density at radius 1 is 1.09 bits per heavy atom. The Labute approximate surface area is 210 Å². The Bertz CT molecular complexity index is 1090. The van der Waals surface area contributed by atoms with Gasteiger partial charge in [0.2, 0.25) is 21.8 Å². The van der Waals surface area contributed by atoms with Crippen molar-refractivity contribution in [2.75, 3.05) is 30.8 Å². The fraction of sp³-hybridized carbons (Fsp3) is 0.391. The molecule has 0 aromatic heterocycles. The maximum atomic E-state index is 13.4. The van der Waals surface area contributed by atoms with Gasteiger partial charge in [-0.1, -0.05) is 42.3 Å². The maximum Gasteiger partial charge on any atom is 0.244 e. The molecule has 1 atom stereocenters. The summed E-state index contributed by atoms with van der Waals surface area (Å²) in [5.41, 5.74) is 0.904. The van der Waals surface area contributed by atoms with Crippen molar-refractivity contribution in [2.24, 2.45) is 0 Å². The van der Waals surface area contributed by atoms with Crippen LogP contribution in [0.2, 0.25) is 10.0 Å². The van der Waals surface area contributed by atoms with Crippen LogP contribution in [0.4, 0.5) is 5.69 Å². The predicted octanol–water partition coefficient (Wildman–Crippen LogP) is 3.71. The molecule has 0 spiro atoms. The van der Waals surface area contributed by atoms with E-state index in [0.717, 1.165) is 22.5 Å². The van der Waals surface area contributed by atoms with Crippen LogP contribution in [-0.2, 0) is 26.2 Å². The van der Waals surface area contributed by atoms with E-state index in [9.17, 15) is 18.0 Å². The molecule has 0 aliphatic rings. The number of sulfonamides is 1. The summed E-state index contributed by atoms with van der Waals surface area (Å²) in [6.07, 6.45) is 1.72.